The van der Waals surface area contributed by atoms with E-state index in [0.717, 1.165) is 26.1 Å². The Morgan fingerprint density at radius 2 is 1.71 bits per heavy atom. The molecule has 4 amide bonds. The third kappa shape index (κ3) is 5.05. The van der Waals surface area contributed by atoms with Crippen molar-refractivity contribution in [3.63, 3.8) is 0 Å². The van der Waals surface area contributed by atoms with Gasteiger partial charge in [-0.05, 0) is 79.1 Å². The number of carbonyl (C=O) groups is 3. The summed E-state index contributed by atoms with van der Waals surface area (Å²) >= 11 is 9.58. The van der Waals surface area contributed by atoms with E-state index in [4.69, 9.17) is 16.3 Å². The Balaban J connectivity index is 1.67. The fraction of sp³-hybridized carbons (Fsp3) is 0.115. The molecule has 1 aliphatic heterocycles. The van der Waals surface area contributed by atoms with Crippen LogP contribution in [0.25, 0.3) is 6.08 Å². The monoisotopic (exact) mass is 538 g/mol. The van der Waals surface area contributed by atoms with Gasteiger partial charge >= 0.3 is 6.03 Å². The number of barbiturate groups is 1. The lowest BCUT2D eigenvalue weighted by Crippen LogP contribution is -2.54. The van der Waals surface area contributed by atoms with Crippen molar-refractivity contribution in [3.8, 4) is 5.75 Å². The first-order valence-corrected chi connectivity index (χ1v) is 11.6. The highest BCUT2D eigenvalue weighted by Crippen LogP contribution is 2.29. The normalized spacial score (nSPS) is 15.0. The maximum atomic E-state index is 13.3. The molecule has 0 atom stereocenters. The predicted octanol–water partition coefficient (Wildman–Crippen LogP) is 5.96. The van der Waals surface area contributed by atoms with E-state index in [1.807, 2.05) is 44.2 Å². The Hall–Kier alpha value is -3.42. The number of hydrogen-bond donors (Lipinski definition) is 1. The molecule has 1 fully saturated rings. The molecule has 0 radical (unpaired) electrons. The minimum atomic E-state index is -0.798. The first kappa shape index (κ1) is 23.7. The van der Waals surface area contributed by atoms with Crippen LogP contribution in [0.4, 0.5) is 10.5 Å². The molecule has 0 unspecified atom stereocenters. The van der Waals surface area contributed by atoms with Crippen LogP contribution >= 0.6 is 27.5 Å². The zero-order valence-electron chi connectivity index (χ0n) is 18.4. The highest BCUT2D eigenvalue weighted by molar-refractivity contribution is 9.10. The summed E-state index contributed by atoms with van der Waals surface area (Å²) in [7, 11) is 0. The molecule has 1 N–H and O–H groups in total. The molecule has 172 valence electrons. The van der Waals surface area contributed by atoms with Crippen molar-refractivity contribution >= 4 is 57.1 Å². The zero-order chi connectivity index (χ0) is 24.4. The Kier molecular flexibility index (Phi) is 6.86. The molecule has 4 rings (SSSR count). The number of imide groups is 2. The van der Waals surface area contributed by atoms with Crippen molar-refractivity contribution in [1.29, 1.82) is 0 Å². The molecule has 0 aliphatic carbocycles. The fourth-order valence-electron chi connectivity index (χ4n) is 3.42. The van der Waals surface area contributed by atoms with Crippen LogP contribution in [-0.4, -0.2) is 17.8 Å². The fourth-order valence-corrected chi connectivity index (χ4v) is 3.86. The quantitative estimate of drug-likeness (QED) is 0.320. The van der Waals surface area contributed by atoms with E-state index in [2.05, 4.69) is 21.2 Å². The largest absolute Gasteiger partial charge is 0.488 e. The number of aryl methyl sites for hydroxylation is 2. The van der Waals surface area contributed by atoms with Crippen molar-refractivity contribution in [2.75, 3.05) is 4.90 Å². The Labute approximate surface area is 210 Å². The van der Waals surface area contributed by atoms with Crippen molar-refractivity contribution in [3.05, 3.63) is 98.0 Å². The number of hydrogen-bond acceptors (Lipinski definition) is 4. The predicted molar refractivity (Wildman–Crippen MR) is 135 cm³/mol. The van der Waals surface area contributed by atoms with Crippen molar-refractivity contribution in [2.45, 2.75) is 20.5 Å². The van der Waals surface area contributed by atoms with Crippen LogP contribution in [0, 0.1) is 13.8 Å². The van der Waals surface area contributed by atoms with Gasteiger partial charge in [0.05, 0.1) is 5.69 Å². The number of benzene rings is 3. The van der Waals surface area contributed by atoms with Crippen molar-refractivity contribution in [1.82, 2.24) is 5.32 Å². The molecule has 3 aromatic carbocycles. The third-order valence-electron chi connectivity index (χ3n) is 5.43. The topological polar surface area (TPSA) is 75.7 Å². The lowest BCUT2D eigenvalue weighted by atomic mass is 10.0. The molecule has 3 aromatic rings. The summed E-state index contributed by atoms with van der Waals surface area (Å²) in [5.74, 6) is -1.07. The van der Waals surface area contributed by atoms with Gasteiger partial charge in [0.15, 0.2) is 0 Å². The Morgan fingerprint density at radius 1 is 0.971 bits per heavy atom. The van der Waals surface area contributed by atoms with Gasteiger partial charge in [0.1, 0.15) is 17.9 Å². The van der Waals surface area contributed by atoms with E-state index in [1.165, 1.54) is 6.08 Å². The second-order valence-corrected chi connectivity index (χ2v) is 9.18. The summed E-state index contributed by atoms with van der Waals surface area (Å²) in [6.45, 7) is 4.09. The van der Waals surface area contributed by atoms with Crippen LogP contribution < -0.4 is 15.0 Å². The summed E-state index contributed by atoms with van der Waals surface area (Å²) in [5, 5.41) is 2.65. The van der Waals surface area contributed by atoms with Crippen LogP contribution in [0.2, 0.25) is 5.02 Å². The second kappa shape index (κ2) is 9.83. The van der Waals surface area contributed by atoms with Gasteiger partial charge in [-0.15, -0.1) is 0 Å². The lowest BCUT2D eigenvalue weighted by Gasteiger charge is -2.27. The minimum Gasteiger partial charge on any atom is -0.488 e. The van der Waals surface area contributed by atoms with Crippen LogP contribution in [0.15, 0.2) is 70.7 Å². The highest BCUT2D eigenvalue weighted by Gasteiger charge is 2.37. The van der Waals surface area contributed by atoms with E-state index >= 15 is 0 Å². The molecule has 1 heterocycles. The molecule has 8 heteroatoms. The molecule has 6 nitrogen and oxygen atoms in total. The number of nitrogens with zero attached hydrogens (tertiary/aromatic N) is 1. The standard InChI is InChI=1S/C26H20BrClN2O4/c1-15-3-9-21(11-16(15)2)30-25(32)22(24(31)29-26(30)33)13-18-12-20(28)8-10-23(18)34-14-17-4-6-19(27)7-5-17/h3-13H,14H2,1-2H3,(H,29,31,33)/b22-13+. The smallest absolute Gasteiger partial charge is 0.335 e. The van der Waals surface area contributed by atoms with Crippen LogP contribution in [0.1, 0.15) is 22.3 Å². The zero-order valence-corrected chi connectivity index (χ0v) is 20.7. The van der Waals surface area contributed by atoms with Gasteiger partial charge in [-0.25, -0.2) is 9.69 Å². The summed E-state index contributed by atoms with van der Waals surface area (Å²) in [6, 6.07) is 17.0. The number of rotatable bonds is 5. The lowest BCUT2D eigenvalue weighted by molar-refractivity contribution is -0.122. The minimum absolute atomic E-state index is 0.200. The number of urea groups is 1. The molecule has 1 aliphatic rings. The van der Waals surface area contributed by atoms with Gasteiger partial charge in [0, 0.05) is 15.1 Å². The van der Waals surface area contributed by atoms with E-state index < -0.39 is 17.8 Å². The molecule has 0 spiro atoms. The average molecular weight is 540 g/mol. The van der Waals surface area contributed by atoms with E-state index in [-0.39, 0.29) is 12.2 Å². The van der Waals surface area contributed by atoms with E-state index in [1.54, 1.807) is 30.3 Å². The summed E-state index contributed by atoms with van der Waals surface area (Å²) in [5.41, 5.74) is 3.49. The summed E-state index contributed by atoms with van der Waals surface area (Å²) < 4.78 is 6.91. The number of carbonyl (C=O) groups excluding carboxylic acids is 3. The van der Waals surface area contributed by atoms with Crippen molar-refractivity contribution in [2.24, 2.45) is 0 Å². The Bertz CT molecular complexity index is 1340. The summed E-state index contributed by atoms with van der Waals surface area (Å²) in [4.78, 5) is 39.3. The molecule has 0 bridgehead atoms. The van der Waals surface area contributed by atoms with Crippen LogP contribution in [-0.2, 0) is 16.2 Å². The molecular weight excluding hydrogens is 520 g/mol. The van der Waals surface area contributed by atoms with Gasteiger partial charge in [0.25, 0.3) is 11.8 Å². The molecule has 0 aromatic heterocycles. The highest BCUT2D eigenvalue weighted by atomic mass is 79.9. The van der Waals surface area contributed by atoms with Gasteiger partial charge in [-0.1, -0.05) is 45.7 Å². The maximum Gasteiger partial charge on any atom is 0.335 e. The molecule has 1 saturated heterocycles. The number of amides is 4. The number of anilines is 1. The van der Waals surface area contributed by atoms with E-state index in [9.17, 15) is 14.4 Å². The SMILES string of the molecule is Cc1ccc(N2C(=O)NC(=O)/C(=C\c3cc(Cl)ccc3OCc3ccc(Br)cc3)C2=O)cc1C. The number of ether oxygens (including phenoxy) is 1. The third-order valence-corrected chi connectivity index (χ3v) is 6.19. The van der Waals surface area contributed by atoms with Gasteiger partial charge in [-0.2, -0.15) is 0 Å². The second-order valence-electron chi connectivity index (χ2n) is 7.82. The molecule has 0 saturated carbocycles. The maximum absolute atomic E-state index is 13.3. The van der Waals surface area contributed by atoms with Crippen molar-refractivity contribution < 1.29 is 19.1 Å². The molecular formula is C26H20BrClN2O4. The summed E-state index contributed by atoms with van der Waals surface area (Å²) in [6.07, 6.45) is 1.39. The van der Waals surface area contributed by atoms with Gasteiger partial charge < -0.3 is 4.74 Å². The van der Waals surface area contributed by atoms with E-state index in [0.29, 0.717) is 22.0 Å². The average Bonchev–Trinajstić information content (AvgIpc) is 2.79. The molecule has 34 heavy (non-hydrogen) atoms. The number of halogens is 2. The van der Waals surface area contributed by atoms with Gasteiger partial charge in [-0.3, -0.25) is 14.9 Å². The van der Waals surface area contributed by atoms with Crippen LogP contribution in [0.3, 0.4) is 0 Å². The van der Waals surface area contributed by atoms with Gasteiger partial charge in [0.2, 0.25) is 0 Å². The van der Waals surface area contributed by atoms with Crippen LogP contribution in [0.5, 0.6) is 5.75 Å². The first-order valence-electron chi connectivity index (χ1n) is 10.4. The first-order chi connectivity index (χ1) is 16.2. The Morgan fingerprint density at radius 3 is 2.41 bits per heavy atom. The number of nitrogens with one attached hydrogen (secondary N) is 1.